The lowest BCUT2D eigenvalue weighted by atomic mass is 9.94. The van der Waals surface area contributed by atoms with Gasteiger partial charge in [-0.2, -0.15) is 0 Å². The molecular weight excluding hydrogens is 362 g/mol. The van der Waals surface area contributed by atoms with Crippen LogP contribution in [0.15, 0.2) is 24.3 Å². The molecule has 3 aliphatic heterocycles. The molecule has 4 rings (SSSR count). The number of para-hydroxylation sites is 1. The van der Waals surface area contributed by atoms with Crippen molar-refractivity contribution in [2.75, 3.05) is 37.7 Å². The number of carbonyl (C=O) groups is 3. The van der Waals surface area contributed by atoms with Gasteiger partial charge in [-0.15, -0.1) is 0 Å². The van der Waals surface area contributed by atoms with Crippen LogP contribution in [-0.4, -0.2) is 72.7 Å². The van der Waals surface area contributed by atoms with E-state index in [1.54, 1.807) is 0 Å². The second-order valence-corrected chi connectivity index (χ2v) is 7.73. The van der Waals surface area contributed by atoms with Gasteiger partial charge in [0.1, 0.15) is 6.61 Å². The Kier molecular flexibility index (Phi) is 5.32. The molecule has 2 fully saturated rings. The van der Waals surface area contributed by atoms with Crippen LogP contribution in [0.3, 0.4) is 0 Å². The Bertz CT molecular complexity index is 767. The fourth-order valence-electron chi connectivity index (χ4n) is 4.38. The summed E-state index contributed by atoms with van der Waals surface area (Å²) in [6.45, 7) is 1.71. The van der Waals surface area contributed by atoms with Gasteiger partial charge in [0, 0.05) is 37.5 Å². The van der Waals surface area contributed by atoms with Crippen LogP contribution in [0.1, 0.15) is 30.7 Å². The predicted molar refractivity (Wildman–Crippen MR) is 101 cm³/mol. The number of aliphatic hydroxyl groups is 1. The number of aliphatic hydroxyl groups excluding tert-OH is 1. The molecule has 8 heteroatoms. The number of carbonyl (C=O) groups excluding carboxylic acids is 3. The molecular formula is C20H25N3O5. The maximum atomic E-state index is 11.8. The van der Waals surface area contributed by atoms with Gasteiger partial charge in [-0.25, -0.2) is 0 Å². The summed E-state index contributed by atoms with van der Waals surface area (Å²) in [6, 6.07) is 8.02. The highest BCUT2D eigenvalue weighted by atomic mass is 16.5. The number of nitrogens with one attached hydrogen (secondary N) is 1. The van der Waals surface area contributed by atoms with Crippen LogP contribution in [0.2, 0.25) is 0 Å². The summed E-state index contributed by atoms with van der Waals surface area (Å²) < 4.78 is 5.34. The number of imide groups is 1. The summed E-state index contributed by atoms with van der Waals surface area (Å²) in [6.07, 6.45) is 0.416. The molecule has 0 saturated carbocycles. The number of nitrogens with zero attached hydrogens (tertiary/aromatic N) is 2. The number of anilines is 1. The van der Waals surface area contributed by atoms with Crippen LogP contribution < -0.4 is 10.2 Å². The Balaban J connectivity index is 1.41. The number of rotatable bonds is 6. The topological polar surface area (TPSA) is 99.2 Å². The maximum absolute atomic E-state index is 11.8. The summed E-state index contributed by atoms with van der Waals surface area (Å²) >= 11 is 0. The zero-order chi connectivity index (χ0) is 19.7. The minimum Gasteiger partial charge on any atom is -0.389 e. The largest absolute Gasteiger partial charge is 0.389 e. The third-order valence-corrected chi connectivity index (χ3v) is 5.62. The lowest BCUT2D eigenvalue weighted by Gasteiger charge is -2.27. The van der Waals surface area contributed by atoms with Crippen LogP contribution in [0.25, 0.3) is 0 Å². The number of ether oxygens (including phenoxy) is 1. The van der Waals surface area contributed by atoms with Crippen molar-refractivity contribution in [2.45, 2.75) is 37.3 Å². The Morgan fingerprint density at radius 2 is 1.89 bits per heavy atom. The average molecular weight is 387 g/mol. The molecule has 3 aliphatic rings. The number of benzene rings is 1. The third kappa shape index (κ3) is 3.88. The molecule has 3 heterocycles. The van der Waals surface area contributed by atoms with E-state index in [4.69, 9.17) is 4.74 Å². The second kappa shape index (κ2) is 7.89. The Labute approximate surface area is 163 Å². The van der Waals surface area contributed by atoms with Gasteiger partial charge < -0.3 is 20.1 Å². The van der Waals surface area contributed by atoms with Crippen molar-refractivity contribution in [2.24, 2.45) is 0 Å². The standard InChI is InChI=1S/C20H25N3O5/c24-15(10-23-19(26)5-6-20(23)27)9-22-8-13(16-3-1-2-4-17(16)22)7-14-11-28-12-18(25)21-14/h1-4,13-15,24H,5-12H2,(H,21,25). The van der Waals surface area contributed by atoms with Crippen LogP contribution in [0.5, 0.6) is 0 Å². The van der Waals surface area contributed by atoms with Gasteiger partial charge in [0.2, 0.25) is 17.7 Å². The maximum Gasteiger partial charge on any atom is 0.246 e. The van der Waals surface area contributed by atoms with E-state index in [1.165, 1.54) is 10.5 Å². The Morgan fingerprint density at radius 3 is 2.64 bits per heavy atom. The van der Waals surface area contributed by atoms with Gasteiger partial charge >= 0.3 is 0 Å². The first kappa shape index (κ1) is 18.9. The molecule has 2 saturated heterocycles. The van der Waals surface area contributed by atoms with Crippen LogP contribution in [0.4, 0.5) is 5.69 Å². The van der Waals surface area contributed by atoms with Crippen molar-refractivity contribution in [1.82, 2.24) is 10.2 Å². The molecule has 1 aromatic rings. The van der Waals surface area contributed by atoms with Gasteiger partial charge in [0.25, 0.3) is 0 Å². The number of likely N-dealkylation sites (tertiary alicyclic amines) is 1. The molecule has 2 N–H and O–H groups in total. The van der Waals surface area contributed by atoms with Crippen molar-refractivity contribution in [3.8, 4) is 0 Å². The van der Waals surface area contributed by atoms with E-state index in [9.17, 15) is 19.5 Å². The zero-order valence-electron chi connectivity index (χ0n) is 15.7. The number of hydrogen-bond donors (Lipinski definition) is 2. The predicted octanol–water partition coefficient (Wildman–Crippen LogP) is 0.00520. The fraction of sp³-hybridized carbons (Fsp3) is 0.550. The zero-order valence-corrected chi connectivity index (χ0v) is 15.7. The monoisotopic (exact) mass is 387 g/mol. The number of amides is 3. The van der Waals surface area contributed by atoms with Gasteiger partial charge in [-0.05, 0) is 18.1 Å². The second-order valence-electron chi connectivity index (χ2n) is 7.73. The smallest absolute Gasteiger partial charge is 0.246 e. The molecule has 0 aliphatic carbocycles. The lowest BCUT2D eigenvalue weighted by molar-refractivity contribution is -0.140. The van der Waals surface area contributed by atoms with Crippen molar-refractivity contribution in [3.05, 3.63) is 29.8 Å². The van der Waals surface area contributed by atoms with E-state index in [-0.39, 0.29) is 55.7 Å². The van der Waals surface area contributed by atoms with Gasteiger partial charge in [0.05, 0.1) is 25.3 Å². The first-order valence-electron chi connectivity index (χ1n) is 9.73. The minimum absolute atomic E-state index is 0.0241. The first-order valence-corrected chi connectivity index (χ1v) is 9.73. The highest BCUT2D eigenvalue weighted by Crippen LogP contribution is 2.38. The molecule has 0 aromatic heterocycles. The SMILES string of the molecule is O=C1COCC(CC2CN(CC(O)CN3C(=O)CCC3=O)c3ccccc32)N1. The number of hydrogen-bond acceptors (Lipinski definition) is 6. The fourth-order valence-corrected chi connectivity index (χ4v) is 4.38. The molecule has 28 heavy (non-hydrogen) atoms. The van der Waals surface area contributed by atoms with E-state index in [1.807, 2.05) is 18.2 Å². The molecule has 0 bridgehead atoms. The van der Waals surface area contributed by atoms with Crippen LogP contribution in [-0.2, 0) is 19.1 Å². The molecule has 0 radical (unpaired) electrons. The molecule has 3 unspecified atom stereocenters. The average Bonchev–Trinajstić information content (AvgIpc) is 3.17. The van der Waals surface area contributed by atoms with Crippen molar-refractivity contribution in [1.29, 1.82) is 0 Å². The molecule has 0 spiro atoms. The summed E-state index contributed by atoms with van der Waals surface area (Å²) in [7, 11) is 0. The molecule has 8 nitrogen and oxygen atoms in total. The third-order valence-electron chi connectivity index (χ3n) is 5.62. The number of β-amino-alcohol motifs (C(OH)–C–C–N with tert-alkyl or cyclic N) is 1. The first-order chi connectivity index (χ1) is 13.5. The number of fused-ring (bicyclic) bond motifs is 1. The van der Waals surface area contributed by atoms with E-state index >= 15 is 0 Å². The highest BCUT2D eigenvalue weighted by Gasteiger charge is 2.34. The Hall–Kier alpha value is -2.45. The van der Waals surface area contributed by atoms with Crippen LogP contribution in [0, 0.1) is 0 Å². The summed E-state index contributed by atoms with van der Waals surface area (Å²) in [4.78, 5) is 38.4. The lowest BCUT2D eigenvalue weighted by Crippen LogP contribution is -2.46. The number of morpholine rings is 1. The quantitative estimate of drug-likeness (QED) is 0.667. The van der Waals surface area contributed by atoms with Crippen molar-refractivity contribution >= 4 is 23.4 Å². The molecule has 3 atom stereocenters. The Morgan fingerprint density at radius 1 is 1.14 bits per heavy atom. The molecule has 1 aromatic carbocycles. The normalized spacial score (nSPS) is 25.8. The molecule has 3 amide bonds. The highest BCUT2D eigenvalue weighted by molar-refractivity contribution is 6.01. The van der Waals surface area contributed by atoms with Gasteiger partial charge in [0.15, 0.2) is 0 Å². The van der Waals surface area contributed by atoms with Gasteiger partial charge in [-0.3, -0.25) is 19.3 Å². The summed E-state index contributed by atoms with van der Waals surface area (Å²) in [5, 5.41) is 13.5. The van der Waals surface area contributed by atoms with E-state index in [2.05, 4.69) is 16.3 Å². The minimum atomic E-state index is -0.810. The van der Waals surface area contributed by atoms with E-state index in [0.29, 0.717) is 19.7 Å². The van der Waals surface area contributed by atoms with Gasteiger partial charge in [-0.1, -0.05) is 18.2 Å². The summed E-state index contributed by atoms with van der Waals surface area (Å²) in [5.74, 6) is -0.297. The van der Waals surface area contributed by atoms with Crippen molar-refractivity contribution in [3.63, 3.8) is 0 Å². The summed E-state index contributed by atoms with van der Waals surface area (Å²) in [5.41, 5.74) is 2.23. The molecule has 150 valence electrons. The van der Waals surface area contributed by atoms with E-state index in [0.717, 1.165) is 12.1 Å². The van der Waals surface area contributed by atoms with E-state index < -0.39 is 6.10 Å². The van der Waals surface area contributed by atoms with Crippen LogP contribution >= 0.6 is 0 Å². The van der Waals surface area contributed by atoms with Crippen molar-refractivity contribution < 1.29 is 24.2 Å².